The van der Waals surface area contributed by atoms with Crippen molar-refractivity contribution in [2.75, 3.05) is 18.0 Å². The third-order valence-corrected chi connectivity index (χ3v) is 4.19. The normalized spacial score (nSPS) is 18.9. The van der Waals surface area contributed by atoms with Gasteiger partial charge in [0.1, 0.15) is 17.8 Å². The van der Waals surface area contributed by atoms with E-state index in [4.69, 9.17) is 0 Å². The van der Waals surface area contributed by atoms with Gasteiger partial charge in [-0.25, -0.2) is 19.3 Å². The fourth-order valence-electron chi connectivity index (χ4n) is 2.94. The number of aromatic nitrogens is 4. The fraction of sp³-hybridized carbons (Fsp3) is 0.533. The van der Waals surface area contributed by atoms with Crippen LogP contribution in [0.3, 0.4) is 0 Å². The Kier molecular flexibility index (Phi) is 4.42. The Bertz CT molecular complexity index is 712. The van der Waals surface area contributed by atoms with Crippen LogP contribution in [0.25, 0.3) is 0 Å². The Hall–Kier alpha value is -2.19. The van der Waals surface area contributed by atoms with Crippen LogP contribution in [0, 0.1) is 5.82 Å². The highest BCUT2D eigenvalue weighted by Crippen LogP contribution is 2.32. The number of hydrogen-bond acceptors (Lipinski definition) is 4. The molecule has 130 valence electrons. The van der Waals surface area contributed by atoms with Crippen LogP contribution in [0.2, 0.25) is 0 Å². The van der Waals surface area contributed by atoms with Gasteiger partial charge in [-0.05, 0) is 19.3 Å². The van der Waals surface area contributed by atoms with Crippen LogP contribution in [-0.2, 0) is 12.6 Å². The van der Waals surface area contributed by atoms with Gasteiger partial charge in [0.25, 0.3) is 0 Å². The average Bonchev–Trinajstić information content (AvgIpc) is 3.05. The smallest absolute Gasteiger partial charge is 0.353 e. The van der Waals surface area contributed by atoms with Crippen molar-refractivity contribution < 1.29 is 17.6 Å². The molecule has 24 heavy (non-hydrogen) atoms. The molecular weight excluding hydrogens is 326 g/mol. The van der Waals surface area contributed by atoms with Crippen LogP contribution < -0.4 is 4.90 Å². The molecule has 0 aromatic carbocycles. The van der Waals surface area contributed by atoms with Gasteiger partial charge in [0.2, 0.25) is 0 Å². The number of nitrogens with one attached hydrogen (secondary N) is 1. The Labute approximate surface area is 136 Å². The van der Waals surface area contributed by atoms with Gasteiger partial charge >= 0.3 is 6.18 Å². The summed E-state index contributed by atoms with van der Waals surface area (Å²) in [6.07, 6.45) is -0.476. The monoisotopic (exact) mass is 343 g/mol. The molecule has 1 unspecified atom stereocenters. The van der Waals surface area contributed by atoms with E-state index in [1.54, 1.807) is 11.8 Å². The highest BCUT2D eigenvalue weighted by atomic mass is 19.4. The zero-order valence-electron chi connectivity index (χ0n) is 13.1. The van der Waals surface area contributed by atoms with Crippen molar-refractivity contribution in [1.29, 1.82) is 0 Å². The van der Waals surface area contributed by atoms with Gasteiger partial charge in [0, 0.05) is 19.0 Å². The number of aryl methyl sites for hydroxylation is 1. The first-order chi connectivity index (χ1) is 11.4. The second-order valence-corrected chi connectivity index (χ2v) is 5.78. The number of aromatic amines is 1. The Morgan fingerprint density at radius 1 is 1.29 bits per heavy atom. The lowest BCUT2D eigenvalue weighted by molar-refractivity contribution is -0.141. The minimum absolute atomic E-state index is 0.203. The van der Waals surface area contributed by atoms with Crippen LogP contribution in [0.4, 0.5) is 23.4 Å². The molecule has 0 bridgehead atoms. The van der Waals surface area contributed by atoms with Crippen molar-refractivity contribution in [2.24, 2.45) is 0 Å². The van der Waals surface area contributed by atoms with E-state index in [9.17, 15) is 17.6 Å². The molecule has 1 aliphatic heterocycles. The molecule has 5 nitrogen and oxygen atoms in total. The number of hydrogen-bond donors (Lipinski definition) is 1. The molecule has 2 aromatic heterocycles. The van der Waals surface area contributed by atoms with Crippen molar-refractivity contribution in [2.45, 2.75) is 38.3 Å². The van der Waals surface area contributed by atoms with Gasteiger partial charge in [-0.1, -0.05) is 6.92 Å². The Morgan fingerprint density at radius 3 is 2.75 bits per heavy atom. The van der Waals surface area contributed by atoms with Crippen molar-refractivity contribution in [3.8, 4) is 0 Å². The predicted molar refractivity (Wildman–Crippen MR) is 79.1 cm³/mol. The molecule has 9 heteroatoms. The van der Waals surface area contributed by atoms with Crippen LogP contribution in [-0.4, -0.2) is 33.0 Å². The molecular formula is C15H17F4N5. The summed E-state index contributed by atoms with van der Waals surface area (Å²) in [6.45, 7) is 2.76. The molecule has 3 rings (SSSR count). The van der Waals surface area contributed by atoms with E-state index >= 15 is 0 Å². The minimum Gasteiger partial charge on any atom is -0.353 e. The van der Waals surface area contributed by atoms with Gasteiger partial charge in [-0.15, -0.1) is 0 Å². The van der Waals surface area contributed by atoms with Gasteiger partial charge < -0.3 is 9.88 Å². The molecule has 1 fully saturated rings. The first kappa shape index (κ1) is 16.7. The molecule has 0 aliphatic carbocycles. The highest BCUT2D eigenvalue weighted by Gasteiger charge is 2.34. The maximum atomic E-state index is 14.4. The Morgan fingerprint density at radius 2 is 2.08 bits per heavy atom. The summed E-state index contributed by atoms with van der Waals surface area (Å²) in [5.74, 6) is -0.211. The molecule has 0 amide bonds. The molecule has 0 saturated carbocycles. The minimum atomic E-state index is -4.45. The number of alkyl halides is 3. The molecule has 1 aliphatic rings. The van der Waals surface area contributed by atoms with E-state index in [1.807, 2.05) is 0 Å². The number of nitrogens with zero attached hydrogens (tertiary/aromatic N) is 4. The maximum absolute atomic E-state index is 14.4. The summed E-state index contributed by atoms with van der Waals surface area (Å²) in [7, 11) is 0. The van der Waals surface area contributed by atoms with Crippen LogP contribution in [0.5, 0.6) is 0 Å². The molecule has 0 radical (unpaired) electrons. The maximum Gasteiger partial charge on any atom is 0.432 e. The SMILES string of the molecule is CCc1ncnc(N2CCCC(c3ncc(C(F)(F)F)[nH]3)C2)c1F. The number of halogens is 4. The summed E-state index contributed by atoms with van der Waals surface area (Å²) in [4.78, 5) is 15.9. The van der Waals surface area contributed by atoms with Crippen molar-refractivity contribution in [3.63, 3.8) is 0 Å². The molecule has 0 spiro atoms. The lowest BCUT2D eigenvalue weighted by Crippen LogP contribution is -2.36. The topological polar surface area (TPSA) is 57.7 Å². The largest absolute Gasteiger partial charge is 0.432 e. The standard InChI is InChI=1S/C15H17F4N5/c1-2-10-12(16)14(22-8-21-10)24-5-3-4-9(7-24)13-20-6-11(23-13)15(17,18)19/h6,8-9H,2-5,7H2,1H3,(H,20,23). The summed E-state index contributed by atoms with van der Waals surface area (Å²) in [5.41, 5.74) is -0.532. The van der Waals surface area contributed by atoms with Gasteiger partial charge in [0.05, 0.1) is 11.9 Å². The van der Waals surface area contributed by atoms with Crippen molar-refractivity contribution in [3.05, 3.63) is 35.6 Å². The molecule has 3 heterocycles. The van der Waals surface area contributed by atoms with E-state index < -0.39 is 17.7 Å². The number of imidazole rings is 1. The second-order valence-electron chi connectivity index (χ2n) is 5.78. The number of H-pyrrole nitrogens is 1. The molecule has 2 aromatic rings. The van der Waals surface area contributed by atoms with Gasteiger partial charge in [0.15, 0.2) is 11.6 Å². The van der Waals surface area contributed by atoms with Crippen molar-refractivity contribution >= 4 is 5.82 Å². The third-order valence-electron chi connectivity index (χ3n) is 4.19. The van der Waals surface area contributed by atoms with E-state index in [2.05, 4.69) is 19.9 Å². The molecule has 1 N–H and O–H groups in total. The second kappa shape index (κ2) is 6.37. The number of anilines is 1. The molecule has 1 saturated heterocycles. The van der Waals surface area contributed by atoms with Crippen molar-refractivity contribution in [1.82, 2.24) is 19.9 Å². The first-order valence-electron chi connectivity index (χ1n) is 7.76. The van der Waals surface area contributed by atoms with Crippen LogP contribution >= 0.6 is 0 Å². The van der Waals surface area contributed by atoms with Gasteiger partial charge in [-0.2, -0.15) is 13.2 Å². The van der Waals surface area contributed by atoms with Gasteiger partial charge in [-0.3, -0.25) is 0 Å². The molecule has 1 atom stereocenters. The number of piperidine rings is 1. The average molecular weight is 343 g/mol. The number of rotatable bonds is 3. The van der Waals surface area contributed by atoms with Crippen LogP contribution in [0.1, 0.15) is 42.9 Å². The lowest BCUT2D eigenvalue weighted by Gasteiger charge is -2.33. The van der Waals surface area contributed by atoms with E-state index in [-0.39, 0.29) is 17.6 Å². The zero-order valence-corrected chi connectivity index (χ0v) is 13.1. The predicted octanol–water partition coefficient (Wildman–Crippen LogP) is 3.30. The summed E-state index contributed by atoms with van der Waals surface area (Å²) in [5, 5.41) is 0. The Balaban J connectivity index is 1.81. The zero-order chi connectivity index (χ0) is 17.3. The quantitative estimate of drug-likeness (QED) is 0.869. The summed E-state index contributed by atoms with van der Waals surface area (Å²) < 4.78 is 52.5. The third kappa shape index (κ3) is 3.20. The summed E-state index contributed by atoms with van der Waals surface area (Å²) >= 11 is 0. The fourth-order valence-corrected chi connectivity index (χ4v) is 2.94. The van der Waals surface area contributed by atoms with E-state index in [0.717, 1.165) is 12.6 Å². The highest BCUT2D eigenvalue weighted by molar-refractivity contribution is 5.42. The first-order valence-corrected chi connectivity index (χ1v) is 7.76. The summed E-state index contributed by atoms with van der Waals surface area (Å²) in [6, 6.07) is 0. The van der Waals surface area contributed by atoms with Crippen LogP contribution in [0.15, 0.2) is 12.5 Å². The van der Waals surface area contributed by atoms with E-state index in [0.29, 0.717) is 31.6 Å². The van der Waals surface area contributed by atoms with E-state index in [1.165, 1.54) is 6.33 Å². The lowest BCUT2D eigenvalue weighted by atomic mass is 9.97.